The van der Waals surface area contributed by atoms with Gasteiger partial charge in [-0.15, -0.1) is 0 Å². The van der Waals surface area contributed by atoms with Crippen molar-refractivity contribution in [2.75, 3.05) is 38.5 Å². The number of carbonyl (C=O) groups excluding carboxylic acids is 1. The second-order valence-electron chi connectivity index (χ2n) is 5.70. The maximum atomic E-state index is 13.5. The lowest BCUT2D eigenvalue weighted by atomic mass is 10.0. The van der Waals surface area contributed by atoms with Crippen LogP contribution in [0, 0.1) is 5.82 Å². The summed E-state index contributed by atoms with van der Waals surface area (Å²) in [5.41, 5.74) is 0.663. The van der Waals surface area contributed by atoms with Crippen molar-refractivity contribution in [1.82, 2.24) is 14.5 Å². The molecule has 0 spiro atoms. The number of carbonyl (C=O) groups is 1. The lowest BCUT2D eigenvalue weighted by Crippen LogP contribution is -2.51. The summed E-state index contributed by atoms with van der Waals surface area (Å²) in [6.07, 6.45) is 0. The SMILES string of the molecule is CCN(CC)S(=O)(=O)CC(=O)N1CCNCC1c1cccc(F)c1. The average Bonchev–Trinajstić information content (AvgIpc) is 2.55. The number of nitrogens with zero attached hydrogens (tertiary/aromatic N) is 2. The average molecular weight is 357 g/mol. The van der Waals surface area contributed by atoms with E-state index in [2.05, 4.69) is 5.32 Å². The maximum absolute atomic E-state index is 13.5. The summed E-state index contributed by atoms with van der Waals surface area (Å²) in [6.45, 7) is 5.61. The minimum Gasteiger partial charge on any atom is -0.332 e. The Hall–Kier alpha value is -1.51. The van der Waals surface area contributed by atoms with Crippen molar-refractivity contribution in [1.29, 1.82) is 0 Å². The van der Waals surface area contributed by atoms with Gasteiger partial charge in [0.25, 0.3) is 0 Å². The number of benzene rings is 1. The molecule has 0 aromatic heterocycles. The van der Waals surface area contributed by atoms with Crippen LogP contribution in [-0.2, 0) is 14.8 Å². The first-order valence-electron chi connectivity index (χ1n) is 8.12. The van der Waals surface area contributed by atoms with E-state index in [1.807, 2.05) is 0 Å². The Balaban J connectivity index is 2.19. The van der Waals surface area contributed by atoms with E-state index in [-0.39, 0.29) is 11.9 Å². The quantitative estimate of drug-likeness (QED) is 0.824. The number of piperazine rings is 1. The molecular weight excluding hydrogens is 333 g/mol. The van der Waals surface area contributed by atoms with E-state index in [4.69, 9.17) is 0 Å². The fourth-order valence-electron chi connectivity index (χ4n) is 2.96. The smallest absolute Gasteiger partial charge is 0.239 e. The summed E-state index contributed by atoms with van der Waals surface area (Å²) in [5, 5.41) is 3.17. The Labute approximate surface area is 142 Å². The molecule has 1 saturated heterocycles. The first kappa shape index (κ1) is 18.8. The van der Waals surface area contributed by atoms with Gasteiger partial charge < -0.3 is 10.2 Å². The molecule has 0 bridgehead atoms. The lowest BCUT2D eigenvalue weighted by molar-refractivity contribution is -0.131. The molecule has 0 radical (unpaired) electrons. The van der Waals surface area contributed by atoms with Crippen LogP contribution in [0.4, 0.5) is 4.39 Å². The Bertz CT molecular complexity index is 677. The molecule has 1 amide bonds. The minimum absolute atomic E-state index is 0.334. The minimum atomic E-state index is -3.64. The molecule has 1 N–H and O–H groups in total. The molecule has 2 rings (SSSR count). The van der Waals surface area contributed by atoms with Crippen LogP contribution in [0.5, 0.6) is 0 Å². The van der Waals surface area contributed by atoms with E-state index in [0.717, 1.165) is 0 Å². The molecule has 1 atom stereocenters. The summed E-state index contributed by atoms with van der Waals surface area (Å²) >= 11 is 0. The van der Waals surface area contributed by atoms with Crippen molar-refractivity contribution in [3.05, 3.63) is 35.6 Å². The summed E-state index contributed by atoms with van der Waals surface area (Å²) in [7, 11) is -3.64. The number of halogens is 1. The van der Waals surface area contributed by atoms with Gasteiger partial charge in [-0.25, -0.2) is 17.1 Å². The predicted molar refractivity (Wildman–Crippen MR) is 90.4 cm³/mol. The van der Waals surface area contributed by atoms with Gasteiger partial charge in [-0.3, -0.25) is 4.79 Å². The van der Waals surface area contributed by atoms with Gasteiger partial charge in [0.05, 0.1) is 6.04 Å². The van der Waals surface area contributed by atoms with Crippen molar-refractivity contribution < 1.29 is 17.6 Å². The first-order valence-corrected chi connectivity index (χ1v) is 9.73. The molecule has 1 aliphatic heterocycles. The highest BCUT2D eigenvalue weighted by Crippen LogP contribution is 2.23. The fraction of sp³-hybridized carbons (Fsp3) is 0.562. The van der Waals surface area contributed by atoms with Crippen LogP contribution in [0.1, 0.15) is 25.5 Å². The van der Waals surface area contributed by atoms with E-state index in [0.29, 0.717) is 38.3 Å². The van der Waals surface area contributed by atoms with Gasteiger partial charge in [0.15, 0.2) is 0 Å². The molecule has 1 aromatic carbocycles. The largest absolute Gasteiger partial charge is 0.332 e. The highest BCUT2D eigenvalue weighted by atomic mass is 32.2. The molecule has 1 aliphatic rings. The standard InChI is InChI=1S/C16H24FN3O3S/c1-3-19(4-2)24(22,23)12-16(21)20-9-8-18-11-15(20)13-6-5-7-14(17)10-13/h5-7,10,15,18H,3-4,8-9,11-12H2,1-2H3. The summed E-state index contributed by atoms with van der Waals surface area (Å²) in [6, 6.07) is 5.70. The third-order valence-corrected chi connectivity index (χ3v) is 6.12. The summed E-state index contributed by atoms with van der Waals surface area (Å²) in [4.78, 5) is 14.2. The number of hydrogen-bond acceptors (Lipinski definition) is 4. The Morgan fingerprint density at radius 3 is 2.71 bits per heavy atom. The van der Waals surface area contributed by atoms with Crippen molar-refractivity contribution in [2.45, 2.75) is 19.9 Å². The zero-order chi connectivity index (χ0) is 17.7. The van der Waals surface area contributed by atoms with Crippen LogP contribution in [0.2, 0.25) is 0 Å². The number of hydrogen-bond donors (Lipinski definition) is 1. The fourth-order valence-corrected chi connectivity index (χ4v) is 4.41. The highest BCUT2D eigenvalue weighted by molar-refractivity contribution is 7.89. The molecule has 134 valence electrons. The third kappa shape index (κ3) is 4.31. The highest BCUT2D eigenvalue weighted by Gasteiger charge is 2.32. The Kier molecular flexibility index (Phi) is 6.31. The topological polar surface area (TPSA) is 69.7 Å². The second-order valence-corrected chi connectivity index (χ2v) is 7.67. The van der Waals surface area contributed by atoms with E-state index in [9.17, 15) is 17.6 Å². The van der Waals surface area contributed by atoms with E-state index in [1.165, 1.54) is 21.3 Å². The van der Waals surface area contributed by atoms with Crippen molar-refractivity contribution >= 4 is 15.9 Å². The van der Waals surface area contributed by atoms with Gasteiger partial charge in [-0.2, -0.15) is 0 Å². The lowest BCUT2D eigenvalue weighted by Gasteiger charge is -2.37. The van der Waals surface area contributed by atoms with Crippen molar-refractivity contribution in [3.63, 3.8) is 0 Å². The second kappa shape index (κ2) is 8.04. The molecule has 8 heteroatoms. The van der Waals surface area contributed by atoms with Gasteiger partial charge in [0.2, 0.25) is 15.9 Å². The predicted octanol–water partition coefficient (Wildman–Crippen LogP) is 0.970. The van der Waals surface area contributed by atoms with Crippen LogP contribution < -0.4 is 5.32 Å². The number of amides is 1. The van der Waals surface area contributed by atoms with Crippen molar-refractivity contribution in [3.8, 4) is 0 Å². The Morgan fingerprint density at radius 2 is 2.08 bits per heavy atom. The molecule has 1 aromatic rings. The third-order valence-electron chi connectivity index (χ3n) is 4.20. The Morgan fingerprint density at radius 1 is 1.38 bits per heavy atom. The summed E-state index contributed by atoms with van der Waals surface area (Å²) < 4.78 is 39.5. The zero-order valence-corrected chi connectivity index (χ0v) is 14.9. The van der Waals surface area contributed by atoms with Gasteiger partial charge >= 0.3 is 0 Å². The normalized spacial score (nSPS) is 18.8. The van der Waals surface area contributed by atoms with Gasteiger partial charge in [-0.1, -0.05) is 26.0 Å². The van der Waals surface area contributed by atoms with E-state index >= 15 is 0 Å². The number of nitrogens with one attached hydrogen (secondary N) is 1. The monoisotopic (exact) mass is 357 g/mol. The molecule has 24 heavy (non-hydrogen) atoms. The van der Waals surface area contributed by atoms with Gasteiger partial charge in [0.1, 0.15) is 11.6 Å². The first-order chi connectivity index (χ1) is 11.4. The van der Waals surface area contributed by atoms with Crippen LogP contribution in [0.3, 0.4) is 0 Å². The molecule has 1 fully saturated rings. The zero-order valence-electron chi connectivity index (χ0n) is 14.0. The van der Waals surface area contributed by atoms with E-state index in [1.54, 1.807) is 26.0 Å². The molecule has 6 nitrogen and oxygen atoms in total. The molecular formula is C16H24FN3O3S. The van der Waals surface area contributed by atoms with Crippen LogP contribution in [0.15, 0.2) is 24.3 Å². The molecule has 1 unspecified atom stereocenters. The molecule has 0 aliphatic carbocycles. The van der Waals surface area contributed by atoms with Crippen LogP contribution >= 0.6 is 0 Å². The maximum Gasteiger partial charge on any atom is 0.239 e. The number of sulfonamides is 1. The van der Waals surface area contributed by atoms with Gasteiger partial charge in [0, 0.05) is 32.7 Å². The van der Waals surface area contributed by atoms with Crippen LogP contribution in [-0.4, -0.2) is 62.0 Å². The van der Waals surface area contributed by atoms with Crippen molar-refractivity contribution in [2.24, 2.45) is 0 Å². The number of rotatable bonds is 6. The van der Waals surface area contributed by atoms with Crippen LogP contribution in [0.25, 0.3) is 0 Å². The van der Waals surface area contributed by atoms with Gasteiger partial charge in [-0.05, 0) is 17.7 Å². The summed E-state index contributed by atoms with van der Waals surface area (Å²) in [5.74, 6) is -1.38. The molecule has 1 heterocycles. The molecule has 0 saturated carbocycles. The van der Waals surface area contributed by atoms with E-state index < -0.39 is 21.7 Å².